The molecule has 0 radical (unpaired) electrons. The molecule has 0 atom stereocenters. The largest absolute Gasteiger partial charge is 0.338 e. The Morgan fingerprint density at radius 2 is 1.91 bits per heavy atom. The van der Waals surface area contributed by atoms with Gasteiger partial charge in [-0.25, -0.2) is 4.79 Å². The lowest BCUT2D eigenvalue weighted by molar-refractivity contribution is 0.216. The van der Waals surface area contributed by atoms with Gasteiger partial charge in [0.25, 0.3) is 0 Å². The van der Waals surface area contributed by atoms with Crippen LogP contribution in [-0.2, 0) is 0 Å². The van der Waals surface area contributed by atoms with E-state index in [2.05, 4.69) is 10.6 Å². The molecule has 1 aliphatic heterocycles. The maximum absolute atomic E-state index is 10.7. The quantitative estimate of drug-likeness (QED) is 0.551. The Labute approximate surface area is 68.6 Å². The minimum atomic E-state index is -0.0498. The molecule has 3 heteroatoms. The van der Waals surface area contributed by atoms with Crippen molar-refractivity contribution in [1.29, 1.82) is 0 Å². The van der Waals surface area contributed by atoms with Crippen LogP contribution in [0.1, 0.15) is 34.1 Å². The predicted molar refractivity (Wildman–Crippen MR) is 46.6 cm³/mol. The SMILES string of the molecule is CC.CC1(C)CCNC(=O)N1. The van der Waals surface area contributed by atoms with Crippen LogP contribution in [0.15, 0.2) is 0 Å². The molecule has 0 unspecified atom stereocenters. The summed E-state index contributed by atoms with van der Waals surface area (Å²) in [7, 11) is 0. The van der Waals surface area contributed by atoms with E-state index in [0.717, 1.165) is 13.0 Å². The summed E-state index contributed by atoms with van der Waals surface area (Å²) in [5.74, 6) is 0. The van der Waals surface area contributed by atoms with Crippen LogP contribution in [0.2, 0.25) is 0 Å². The summed E-state index contributed by atoms with van der Waals surface area (Å²) in [5, 5.41) is 5.49. The Balaban J connectivity index is 0.000000461. The molecule has 1 aliphatic rings. The number of hydrogen-bond acceptors (Lipinski definition) is 1. The number of urea groups is 1. The van der Waals surface area contributed by atoms with E-state index in [0.29, 0.717) is 0 Å². The summed E-state index contributed by atoms with van der Waals surface area (Å²) in [4.78, 5) is 10.7. The molecule has 0 bridgehead atoms. The van der Waals surface area contributed by atoms with Crippen molar-refractivity contribution < 1.29 is 4.79 Å². The van der Waals surface area contributed by atoms with Crippen molar-refractivity contribution in [2.45, 2.75) is 39.7 Å². The highest BCUT2D eigenvalue weighted by molar-refractivity contribution is 5.75. The Bertz CT molecular complexity index is 132. The van der Waals surface area contributed by atoms with E-state index in [9.17, 15) is 4.79 Å². The van der Waals surface area contributed by atoms with Gasteiger partial charge in [0.2, 0.25) is 0 Å². The van der Waals surface area contributed by atoms with E-state index >= 15 is 0 Å². The highest BCUT2D eigenvalue weighted by Crippen LogP contribution is 2.09. The number of carbonyl (C=O) groups excluding carboxylic acids is 1. The molecule has 1 rings (SSSR count). The van der Waals surface area contributed by atoms with Crippen molar-refractivity contribution in [2.75, 3.05) is 6.54 Å². The van der Waals surface area contributed by atoms with Gasteiger partial charge in [-0.1, -0.05) is 13.8 Å². The molecule has 2 amide bonds. The average Bonchev–Trinajstić information content (AvgIpc) is 1.89. The molecule has 0 aromatic rings. The molecular formula is C8H18N2O. The van der Waals surface area contributed by atoms with E-state index in [1.54, 1.807) is 0 Å². The van der Waals surface area contributed by atoms with Crippen LogP contribution in [0.5, 0.6) is 0 Å². The van der Waals surface area contributed by atoms with Crippen LogP contribution in [0, 0.1) is 0 Å². The molecule has 0 aromatic carbocycles. The van der Waals surface area contributed by atoms with Crippen molar-refractivity contribution >= 4 is 6.03 Å². The number of carbonyl (C=O) groups is 1. The smallest absolute Gasteiger partial charge is 0.315 e. The van der Waals surface area contributed by atoms with E-state index in [1.165, 1.54) is 0 Å². The molecular weight excluding hydrogens is 140 g/mol. The topological polar surface area (TPSA) is 41.1 Å². The van der Waals surface area contributed by atoms with E-state index in [-0.39, 0.29) is 11.6 Å². The maximum Gasteiger partial charge on any atom is 0.315 e. The third-order valence-electron chi connectivity index (χ3n) is 1.49. The molecule has 2 N–H and O–H groups in total. The number of rotatable bonds is 0. The zero-order chi connectivity index (χ0) is 8.91. The van der Waals surface area contributed by atoms with E-state index in [4.69, 9.17) is 0 Å². The normalized spacial score (nSPS) is 20.5. The van der Waals surface area contributed by atoms with Gasteiger partial charge < -0.3 is 10.6 Å². The van der Waals surface area contributed by atoms with E-state index in [1.807, 2.05) is 27.7 Å². The zero-order valence-corrected chi connectivity index (χ0v) is 7.82. The van der Waals surface area contributed by atoms with Gasteiger partial charge in [0.05, 0.1) is 0 Å². The van der Waals surface area contributed by atoms with Crippen LogP contribution < -0.4 is 10.6 Å². The van der Waals surface area contributed by atoms with Crippen LogP contribution in [0.4, 0.5) is 4.79 Å². The highest BCUT2D eigenvalue weighted by Gasteiger charge is 2.23. The fourth-order valence-corrected chi connectivity index (χ4v) is 0.903. The van der Waals surface area contributed by atoms with Gasteiger partial charge in [0.15, 0.2) is 0 Å². The Kier molecular flexibility index (Phi) is 3.93. The molecule has 0 spiro atoms. The average molecular weight is 158 g/mol. The summed E-state index contributed by atoms with van der Waals surface area (Å²) in [6.45, 7) is 8.83. The van der Waals surface area contributed by atoms with Crippen molar-refractivity contribution in [1.82, 2.24) is 10.6 Å². The van der Waals surface area contributed by atoms with E-state index < -0.39 is 0 Å². The van der Waals surface area contributed by atoms with Gasteiger partial charge in [-0.05, 0) is 20.3 Å². The number of nitrogens with one attached hydrogen (secondary N) is 2. The fourth-order valence-electron chi connectivity index (χ4n) is 0.903. The zero-order valence-electron chi connectivity index (χ0n) is 7.82. The minimum Gasteiger partial charge on any atom is -0.338 e. The molecule has 0 saturated carbocycles. The monoisotopic (exact) mass is 158 g/mol. The van der Waals surface area contributed by atoms with Gasteiger partial charge in [-0.15, -0.1) is 0 Å². The first-order valence-corrected chi connectivity index (χ1v) is 4.16. The van der Waals surface area contributed by atoms with Crippen LogP contribution in [0.25, 0.3) is 0 Å². The summed E-state index contributed by atoms with van der Waals surface area (Å²) in [6, 6.07) is -0.0498. The molecule has 1 saturated heterocycles. The first-order chi connectivity index (χ1) is 5.10. The summed E-state index contributed by atoms with van der Waals surface area (Å²) in [6.07, 6.45) is 0.999. The second-order valence-electron chi connectivity index (χ2n) is 3.01. The second kappa shape index (κ2) is 4.21. The fraction of sp³-hybridized carbons (Fsp3) is 0.875. The summed E-state index contributed by atoms with van der Waals surface area (Å²) in [5.41, 5.74) is -0.0116. The van der Waals surface area contributed by atoms with Gasteiger partial charge in [0.1, 0.15) is 0 Å². The highest BCUT2D eigenvalue weighted by atomic mass is 16.2. The van der Waals surface area contributed by atoms with Gasteiger partial charge in [0, 0.05) is 12.1 Å². The summed E-state index contributed by atoms with van der Waals surface area (Å²) < 4.78 is 0. The first-order valence-electron chi connectivity index (χ1n) is 4.16. The Morgan fingerprint density at radius 1 is 1.36 bits per heavy atom. The lowest BCUT2D eigenvalue weighted by Crippen LogP contribution is -2.54. The summed E-state index contributed by atoms with van der Waals surface area (Å²) >= 11 is 0. The van der Waals surface area contributed by atoms with Crippen molar-refractivity contribution in [2.24, 2.45) is 0 Å². The van der Waals surface area contributed by atoms with Crippen molar-refractivity contribution in [3.05, 3.63) is 0 Å². The Morgan fingerprint density at radius 3 is 2.18 bits per heavy atom. The maximum atomic E-state index is 10.7. The predicted octanol–water partition coefficient (Wildman–Crippen LogP) is 1.49. The molecule has 0 aliphatic carbocycles. The molecule has 3 nitrogen and oxygen atoms in total. The van der Waals surface area contributed by atoms with Crippen molar-refractivity contribution in [3.63, 3.8) is 0 Å². The van der Waals surface area contributed by atoms with Crippen LogP contribution >= 0.6 is 0 Å². The van der Waals surface area contributed by atoms with Gasteiger partial charge in [-0.3, -0.25) is 0 Å². The van der Waals surface area contributed by atoms with Crippen LogP contribution in [0.3, 0.4) is 0 Å². The molecule has 11 heavy (non-hydrogen) atoms. The first kappa shape index (κ1) is 10.3. The number of amides is 2. The molecule has 66 valence electrons. The van der Waals surface area contributed by atoms with Crippen LogP contribution in [-0.4, -0.2) is 18.1 Å². The third kappa shape index (κ3) is 3.86. The molecule has 0 aromatic heterocycles. The second-order valence-corrected chi connectivity index (χ2v) is 3.01. The van der Waals surface area contributed by atoms with Gasteiger partial charge >= 0.3 is 6.03 Å². The number of hydrogen-bond donors (Lipinski definition) is 2. The third-order valence-corrected chi connectivity index (χ3v) is 1.49. The lowest BCUT2D eigenvalue weighted by Gasteiger charge is -2.30. The molecule has 1 fully saturated rings. The lowest BCUT2D eigenvalue weighted by atomic mass is 10.00. The minimum absolute atomic E-state index is 0.0116. The standard InChI is InChI=1S/C6H12N2O.C2H6/c1-6(2)3-4-7-5(9)8-6;1-2/h3-4H2,1-2H3,(H2,7,8,9);1-2H3. The molecule has 1 heterocycles. The Hall–Kier alpha value is -0.730. The van der Waals surface area contributed by atoms with Crippen molar-refractivity contribution in [3.8, 4) is 0 Å². The van der Waals surface area contributed by atoms with Gasteiger partial charge in [-0.2, -0.15) is 0 Å².